The van der Waals surface area contributed by atoms with Gasteiger partial charge in [-0.2, -0.15) is 0 Å². The Bertz CT molecular complexity index is 698. The number of nitrogens with zero attached hydrogens (tertiary/aromatic N) is 1. The van der Waals surface area contributed by atoms with Gasteiger partial charge in [0.15, 0.2) is 11.5 Å². The molecule has 0 unspecified atom stereocenters. The smallest absolute Gasteiger partial charge is 0.335 e. The summed E-state index contributed by atoms with van der Waals surface area (Å²) in [7, 11) is 3.88. The van der Waals surface area contributed by atoms with Crippen molar-refractivity contribution in [3.05, 3.63) is 53.5 Å². The molecule has 21 heavy (non-hydrogen) atoms. The number of hydrogen-bond acceptors (Lipinski definition) is 4. The number of fused-ring (bicyclic) bond motifs is 3. The minimum Gasteiger partial charge on any atom is -0.478 e. The zero-order valence-corrected chi connectivity index (χ0v) is 11.8. The third-order valence-corrected chi connectivity index (χ3v) is 3.29. The lowest BCUT2D eigenvalue weighted by atomic mass is 10.2. The zero-order chi connectivity index (χ0) is 15.0. The molecule has 0 atom stereocenters. The monoisotopic (exact) mass is 285 g/mol. The van der Waals surface area contributed by atoms with E-state index in [1.54, 1.807) is 6.08 Å². The first-order valence-corrected chi connectivity index (χ1v) is 6.55. The second-order valence-electron chi connectivity index (χ2n) is 5.08. The standard InChI is InChI=1S/C16H15NO4/c1-17(2)11-4-6-14-15(8-11)21-13-7-10(16(18)19)3-5-12(9-13)20-14/h3-8H,9H2,1-2H3,(H,18,19). The lowest BCUT2D eigenvalue weighted by molar-refractivity contribution is -0.132. The first-order valence-electron chi connectivity index (χ1n) is 6.55. The fraction of sp³-hybridized carbons (Fsp3) is 0.188. The molecule has 0 aromatic heterocycles. The summed E-state index contributed by atoms with van der Waals surface area (Å²) in [6.45, 7) is 0. The minimum absolute atomic E-state index is 0.177. The van der Waals surface area contributed by atoms with Gasteiger partial charge < -0.3 is 19.5 Å². The second-order valence-corrected chi connectivity index (χ2v) is 5.08. The molecule has 5 nitrogen and oxygen atoms in total. The summed E-state index contributed by atoms with van der Waals surface area (Å²) in [5.74, 6) is 1.44. The molecule has 1 aromatic carbocycles. The van der Waals surface area contributed by atoms with E-state index in [0.29, 0.717) is 29.4 Å². The number of carboxylic acids is 1. The molecule has 5 heteroatoms. The van der Waals surface area contributed by atoms with Crippen molar-refractivity contribution in [1.29, 1.82) is 0 Å². The van der Waals surface area contributed by atoms with Gasteiger partial charge in [-0.05, 0) is 30.4 Å². The lowest BCUT2D eigenvalue weighted by Crippen LogP contribution is -2.08. The van der Waals surface area contributed by atoms with Crippen LogP contribution in [0.2, 0.25) is 0 Å². The highest BCUT2D eigenvalue weighted by Crippen LogP contribution is 2.38. The fourth-order valence-corrected chi connectivity index (χ4v) is 2.18. The Labute approximate surface area is 122 Å². The Morgan fingerprint density at radius 2 is 1.90 bits per heavy atom. The highest BCUT2D eigenvalue weighted by atomic mass is 16.5. The van der Waals surface area contributed by atoms with Crippen molar-refractivity contribution in [1.82, 2.24) is 0 Å². The summed E-state index contributed by atoms with van der Waals surface area (Å²) < 4.78 is 11.7. The number of hydrogen-bond donors (Lipinski definition) is 1. The van der Waals surface area contributed by atoms with Gasteiger partial charge in [0, 0.05) is 25.8 Å². The third-order valence-electron chi connectivity index (χ3n) is 3.29. The Morgan fingerprint density at radius 1 is 1.14 bits per heavy atom. The number of carbonyl (C=O) groups is 1. The molecule has 0 spiro atoms. The molecule has 0 saturated heterocycles. The molecule has 2 aliphatic rings. The van der Waals surface area contributed by atoms with E-state index < -0.39 is 5.97 Å². The van der Waals surface area contributed by atoms with Crippen molar-refractivity contribution >= 4 is 11.7 Å². The van der Waals surface area contributed by atoms with Gasteiger partial charge in [-0.25, -0.2) is 4.79 Å². The van der Waals surface area contributed by atoms with E-state index in [2.05, 4.69) is 0 Å². The maximum Gasteiger partial charge on any atom is 0.335 e. The van der Waals surface area contributed by atoms with Crippen molar-refractivity contribution in [3.8, 4) is 11.5 Å². The first kappa shape index (κ1) is 13.3. The summed E-state index contributed by atoms with van der Waals surface area (Å²) in [6, 6.07) is 5.67. The molecule has 0 saturated carbocycles. The Balaban J connectivity index is 2.04. The summed E-state index contributed by atoms with van der Waals surface area (Å²) in [4.78, 5) is 13.1. The molecule has 2 bridgehead atoms. The van der Waals surface area contributed by atoms with Gasteiger partial charge >= 0.3 is 5.97 Å². The SMILES string of the molecule is CN(C)c1ccc2c(c1)OC1=CC(C(=O)O)=CC=C(C1)O2. The number of anilines is 1. The number of allylic oxidation sites excluding steroid dienone is 2. The van der Waals surface area contributed by atoms with Gasteiger partial charge in [-0.15, -0.1) is 0 Å². The summed E-state index contributed by atoms with van der Waals surface area (Å²) in [5, 5.41) is 9.12. The molecule has 1 aliphatic carbocycles. The first-order chi connectivity index (χ1) is 10.0. The largest absolute Gasteiger partial charge is 0.478 e. The average molecular weight is 285 g/mol. The molecular formula is C16H15NO4. The van der Waals surface area contributed by atoms with Crippen molar-refractivity contribution in [2.24, 2.45) is 0 Å². The van der Waals surface area contributed by atoms with Gasteiger partial charge in [-0.3, -0.25) is 0 Å². The van der Waals surface area contributed by atoms with Crippen molar-refractivity contribution in [2.75, 3.05) is 19.0 Å². The van der Waals surface area contributed by atoms with E-state index in [1.807, 2.05) is 37.2 Å². The normalized spacial score (nSPS) is 16.0. The molecule has 0 amide bonds. The Kier molecular flexibility index (Phi) is 3.17. The lowest BCUT2D eigenvalue weighted by Gasteiger charge is -2.15. The van der Waals surface area contributed by atoms with E-state index in [0.717, 1.165) is 5.69 Å². The van der Waals surface area contributed by atoms with E-state index in [1.165, 1.54) is 12.2 Å². The minimum atomic E-state index is -0.989. The fourth-order valence-electron chi connectivity index (χ4n) is 2.18. The van der Waals surface area contributed by atoms with Gasteiger partial charge in [0.2, 0.25) is 0 Å². The van der Waals surface area contributed by atoms with E-state index in [-0.39, 0.29) is 5.57 Å². The number of benzene rings is 1. The van der Waals surface area contributed by atoms with Crippen LogP contribution in [0.15, 0.2) is 53.5 Å². The summed E-state index contributed by atoms with van der Waals surface area (Å²) in [5.41, 5.74) is 1.16. The topological polar surface area (TPSA) is 59.0 Å². The number of ether oxygens (including phenoxy) is 2. The molecule has 1 heterocycles. The summed E-state index contributed by atoms with van der Waals surface area (Å²) >= 11 is 0. The van der Waals surface area contributed by atoms with Crippen LogP contribution in [0.25, 0.3) is 0 Å². The van der Waals surface area contributed by atoms with Crippen LogP contribution in [0.5, 0.6) is 11.5 Å². The van der Waals surface area contributed by atoms with E-state index >= 15 is 0 Å². The van der Waals surface area contributed by atoms with Gasteiger partial charge in [0.05, 0.1) is 12.0 Å². The number of rotatable bonds is 2. The van der Waals surface area contributed by atoms with Crippen LogP contribution >= 0.6 is 0 Å². The molecule has 108 valence electrons. The second kappa shape index (κ2) is 5.01. The Hall–Kier alpha value is -2.69. The highest BCUT2D eigenvalue weighted by molar-refractivity contribution is 5.90. The quantitative estimate of drug-likeness (QED) is 0.905. The molecule has 3 rings (SSSR count). The maximum absolute atomic E-state index is 11.1. The Morgan fingerprint density at radius 3 is 2.62 bits per heavy atom. The molecule has 1 aliphatic heterocycles. The average Bonchev–Trinajstić information content (AvgIpc) is 2.73. The molecule has 0 radical (unpaired) electrons. The van der Waals surface area contributed by atoms with Crippen molar-refractivity contribution < 1.29 is 19.4 Å². The van der Waals surface area contributed by atoms with Gasteiger partial charge in [0.1, 0.15) is 11.5 Å². The number of carboxylic acid groups (broad SMARTS) is 1. The number of aliphatic carboxylic acids is 1. The van der Waals surface area contributed by atoms with Crippen molar-refractivity contribution in [3.63, 3.8) is 0 Å². The molecule has 1 N–H and O–H groups in total. The summed E-state index contributed by atoms with van der Waals surface area (Å²) in [6.07, 6.45) is 5.16. The van der Waals surface area contributed by atoms with Crippen LogP contribution < -0.4 is 14.4 Å². The molecular weight excluding hydrogens is 270 g/mol. The van der Waals surface area contributed by atoms with Crippen molar-refractivity contribution in [2.45, 2.75) is 6.42 Å². The van der Waals surface area contributed by atoms with Crippen LogP contribution in [0.4, 0.5) is 5.69 Å². The van der Waals surface area contributed by atoms with Gasteiger partial charge in [-0.1, -0.05) is 0 Å². The maximum atomic E-state index is 11.1. The predicted octanol–water partition coefficient (Wildman–Crippen LogP) is 2.71. The van der Waals surface area contributed by atoms with Gasteiger partial charge in [0.25, 0.3) is 0 Å². The predicted molar refractivity (Wildman–Crippen MR) is 78.5 cm³/mol. The third kappa shape index (κ3) is 2.63. The molecule has 1 aromatic rings. The highest BCUT2D eigenvalue weighted by Gasteiger charge is 2.21. The van der Waals surface area contributed by atoms with Crippen LogP contribution in [-0.2, 0) is 4.79 Å². The van der Waals surface area contributed by atoms with E-state index in [9.17, 15) is 4.79 Å². The van der Waals surface area contributed by atoms with E-state index in [4.69, 9.17) is 14.6 Å². The molecule has 0 fully saturated rings. The van der Waals surface area contributed by atoms with Crippen LogP contribution in [-0.4, -0.2) is 25.2 Å². The van der Waals surface area contributed by atoms with Crippen LogP contribution in [0.3, 0.4) is 0 Å². The van der Waals surface area contributed by atoms with Crippen LogP contribution in [0, 0.1) is 0 Å². The van der Waals surface area contributed by atoms with Crippen LogP contribution in [0.1, 0.15) is 6.42 Å². The zero-order valence-electron chi connectivity index (χ0n) is 11.8.